The second-order valence-corrected chi connectivity index (χ2v) is 9.12. The molecule has 2 heterocycles. The lowest BCUT2D eigenvalue weighted by Crippen LogP contribution is -2.42. The Morgan fingerprint density at radius 3 is 2.52 bits per heavy atom. The molecule has 4 aromatic rings. The average molecular weight is 482 g/mol. The number of halogens is 1. The fraction of sp³-hybridized carbons (Fsp3) is 0.174. The Hall–Kier alpha value is -3.43. The first kappa shape index (κ1) is 22.8. The van der Waals surface area contributed by atoms with Gasteiger partial charge in [0.15, 0.2) is 0 Å². The van der Waals surface area contributed by atoms with Crippen molar-refractivity contribution in [2.75, 3.05) is 0 Å². The van der Waals surface area contributed by atoms with Crippen LogP contribution in [0.15, 0.2) is 64.2 Å². The van der Waals surface area contributed by atoms with Crippen molar-refractivity contribution >= 4 is 46.2 Å². The molecule has 2 aromatic carbocycles. The fourth-order valence-corrected chi connectivity index (χ4v) is 4.28. The maximum absolute atomic E-state index is 12.3. The van der Waals surface area contributed by atoms with Gasteiger partial charge in [-0.3, -0.25) is 10.1 Å². The van der Waals surface area contributed by atoms with Crippen molar-refractivity contribution in [2.45, 2.75) is 24.3 Å². The first-order valence-corrected chi connectivity index (χ1v) is 11.3. The minimum Gasteiger partial charge on any atom is -0.411 e. The number of carbonyl (C=O) groups excluding carboxylic acids is 2. The standard InChI is InChI=1S/C23H20ClN5O3S/c1-12(2)19(20(30)27-22(25)31)33-23-29-28-21(32-23)16-11-18(13-7-9-14(24)10-8-13)26-17-6-4-3-5-15(16)17/h3-12,19H,1-2H3,(H3,25,27,30,31)/t19-/m0/s1. The summed E-state index contributed by atoms with van der Waals surface area (Å²) < 4.78 is 5.92. The predicted molar refractivity (Wildman–Crippen MR) is 128 cm³/mol. The molecular weight excluding hydrogens is 462 g/mol. The van der Waals surface area contributed by atoms with E-state index in [0.717, 1.165) is 33.9 Å². The Kier molecular flexibility index (Phi) is 6.62. The zero-order chi connectivity index (χ0) is 23.5. The second-order valence-electron chi connectivity index (χ2n) is 7.59. The summed E-state index contributed by atoms with van der Waals surface area (Å²) in [6, 6.07) is 16.0. The van der Waals surface area contributed by atoms with Crippen LogP contribution in [0.5, 0.6) is 0 Å². The number of carbonyl (C=O) groups is 2. The molecule has 0 unspecified atom stereocenters. The number of para-hydroxylation sites is 1. The van der Waals surface area contributed by atoms with Crippen molar-refractivity contribution < 1.29 is 14.0 Å². The van der Waals surface area contributed by atoms with Crippen molar-refractivity contribution in [3.63, 3.8) is 0 Å². The summed E-state index contributed by atoms with van der Waals surface area (Å²) >= 11 is 7.11. The van der Waals surface area contributed by atoms with E-state index in [-0.39, 0.29) is 11.1 Å². The molecule has 0 aliphatic rings. The largest absolute Gasteiger partial charge is 0.411 e. The molecule has 0 radical (unpaired) electrons. The molecule has 0 bridgehead atoms. The zero-order valence-electron chi connectivity index (χ0n) is 17.8. The zero-order valence-corrected chi connectivity index (χ0v) is 19.4. The summed E-state index contributed by atoms with van der Waals surface area (Å²) in [5.74, 6) is -0.325. The number of rotatable bonds is 6. The van der Waals surface area contributed by atoms with Crippen LogP contribution >= 0.6 is 23.4 Å². The quantitative estimate of drug-likeness (QED) is 0.374. The number of pyridine rings is 1. The van der Waals surface area contributed by atoms with Crippen LogP contribution in [-0.2, 0) is 4.79 Å². The lowest BCUT2D eigenvalue weighted by molar-refractivity contribution is -0.120. The van der Waals surface area contributed by atoms with E-state index >= 15 is 0 Å². The fourth-order valence-electron chi connectivity index (χ4n) is 3.28. The molecule has 2 aromatic heterocycles. The lowest BCUT2D eigenvalue weighted by atomic mass is 10.0. The van der Waals surface area contributed by atoms with Crippen LogP contribution in [0.25, 0.3) is 33.6 Å². The number of nitrogens with zero attached hydrogens (tertiary/aromatic N) is 3. The third kappa shape index (κ3) is 5.15. The third-order valence-electron chi connectivity index (χ3n) is 4.83. The predicted octanol–water partition coefficient (Wildman–Crippen LogP) is 4.92. The van der Waals surface area contributed by atoms with Crippen molar-refractivity contribution in [3.05, 3.63) is 59.6 Å². The maximum atomic E-state index is 12.3. The lowest BCUT2D eigenvalue weighted by Gasteiger charge is -2.16. The minimum absolute atomic E-state index is 0.108. The van der Waals surface area contributed by atoms with Crippen LogP contribution in [0.4, 0.5) is 4.79 Å². The number of primary amides is 1. The molecule has 8 nitrogen and oxygen atoms in total. The van der Waals surface area contributed by atoms with Gasteiger partial charge < -0.3 is 10.2 Å². The molecule has 0 saturated heterocycles. The highest BCUT2D eigenvalue weighted by Gasteiger charge is 2.27. The summed E-state index contributed by atoms with van der Waals surface area (Å²) in [7, 11) is 0. The number of fused-ring (bicyclic) bond motifs is 1. The number of hydrogen-bond acceptors (Lipinski definition) is 7. The van der Waals surface area contributed by atoms with E-state index in [1.807, 2.05) is 56.3 Å². The number of aromatic nitrogens is 3. The Morgan fingerprint density at radius 1 is 1.09 bits per heavy atom. The first-order chi connectivity index (χ1) is 15.8. The van der Waals surface area contributed by atoms with Crippen LogP contribution in [0, 0.1) is 5.92 Å². The average Bonchev–Trinajstić information content (AvgIpc) is 3.25. The van der Waals surface area contributed by atoms with E-state index in [2.05, 4.69) is 15.5 Å². The molecule has 3 N–H and O–H groups in total. The number of amides is 3. The summed E-state index contributed by atoms with van der Waals surface area (Å²) in [4.78, 5) is 28.2. The van der Waals surface area contributed by atoms with Crippen LogP contribution in [-0.4, -0.2) is 32.4 Å². The summed E-state index contributed by atoms with van der Waals surface area (Å²) in [5, 5.41) is 11.5. The van der Waals surface area contributed by atoms with Gasteiger partial charge in [-0.15, -0.1) is 10.2 Å². The molecule has 33 heavy (non-hydrogen) atoms. The van der Waals surface area contributed by atoms with E-state index in [0.29, 0.717) is 16.5 Å². The molecule has 0 spiro atoms. The molecule has 10 heteroatoms. The number of nitrogens with two attached hydrogens (primary N) is 1. The van der Waals surface area contributed by atoms with Gasteiger partial charge in [-0.1, -0.05) is 67.5 Å². The minimum atomic E-state index is -0.907. The molecule has 1 atom stereocenters. The van der Waals surface area contributed by atoms with Gasteiger partial charge in [0.2, 0.25) is 11.8 Å². The molecule has 0 saturated carbocycles. The monoisotopic (exact) mass is 481 g/mol. The normalized spacial score (nSPS) is 12.1. The van der Waals surface area contributed by atoms with Crippen molar-refractivity contribution in [1.82, 2.24) is 20.5 Å². The smallest absolute Gasteiger partial charge is 0.318 e. The van der Waals surface area contributed by atoms with Crippen molar-refractivity contribution in [1.29, 1.82) is 0 Å². The van der Waals surface area contributed by atoms with E-state index < -0.39 is 17.2 Å². The SMILES string of the molecule is CC(C)[C@H](Sc1nnc(-c2cc(-c3ccc(Cl)cc3)nc3ccccc23)o1)C(=O)NC(N)=O. The van der Waals surface area contributed by atoms with Crippen LogP contribution < -0.4 is 11.1 Å². The number of urea groups is 1. The highest BCUT2D eigenvalue weighted by molar-refractivity contribution is 8.00. The first-order valence-electron chi connectivity index (χ1n) is 10.1. The highest BCUT2D eigenvalue weighted by Crippen LogP contribution is 2.34. The van der Waals surface area contributed by atoms with Crippen LogP contribution in [0.1, 0.15) is 13.8 Å². The summed E-state index contributed by atoms with van der Waals surface area (Å²) in [6.07, 6.45) is 0. The molecule has 0 aliphatic carbocycles. The van der Waals surface area contributed by atoms with E-state index in [4.69, 9.17) is 26.7 Å². The number of hydrogen-bond donors (Lipinski definition) is 2. The number of benzene rings is 2. The van der Waals surface area contributed by atoms with E-state index in [1.54, 1.807) is 12.1 Å². The van der Waals surface area contributed by atoms with Gasteiger partial charge in [0, 0.05) is 16.0 Å². The number of thioether (sulfide) groups is 1. The van der Waals surface area contributed by atoms with Crippen LogP contribution in [0.3, 0.4) is 0 Å². The van der Waals surface area contributed by atoms with Crippen molar-refractivity contribution in [3.8, 4) is 22.7 Å². The Labute approximate surface area is 198 Å². The van der Waals surface area contributed by atoms with Gasteiger partial charge in [-0.05, 0) is 30.2 Å². The Morgan fingerprint density at radius 2 is 1.82 bits per heavy atom. The van der Waals surface area contributed by atoms with Crippen molar-refractivity contribution in [2.24, 2.45) is 11.7 Å². The Bertz CT molecular complexity index is 1320. The van der Waals surface area contributed by atoms with Gasteiger partial charge in [0.05, 0.1) is 22.0 Å². The molecule has 3 amide bonds. The van der Waals surface area contributed by atoms with Gasteiger partial charge in [0.25, 0.3) is 5.22 Å². The summed E-state index contributed by atoms with van der Waals surface area (Å²) in [5.41, 5.74) is 8.19. The number of nitrogens with one attached hydrogen (secondary N) is 1. The Balaban J connectivity index is 1.71. The van der Waals surface area contributed by atoms with E-state index in [9.17, 15) is 9.59 Å². The summed E-state index contributed by atoms with van der Waals surface area (Å²) in [6.45, 7) is 3.70. The van der Waals surface area contributed by atoms with Gasteiger partial charge in [-0.2, -0.15) is 0 Å². The van der Waals surface area contributed by atoms with Gasteiger partial charge >= 0.3 is 6.03 Å². The van der Waals surface area contributed by atoms with Crippen LogP contribution in [0.2, 0.25) is 5.02 Å². The maximum Gasteiger partial charge on any atom is 0.318 e. The molecule has 0 aliphatic heterocycles. The molecular formula is C23H20ClN5O3S. The van der Waals surface area contributed by atoms with Gasteiger partial charge in [-0.25, -0.2) is 9.78 Å². The van der Waals surface area contributed by atoms with Gasteiger partial charge in [0.1, 0.15) is 0 Å². The highest BCUT2D eigenvalue weighted by atomic mass is 35.5. The molecule has 4 rings (SSSR count). The second kappa shape index (κ2) is 9.60. The molecule has 168 valence electrons. The third-order valence-corrected chi connectivity index (χ3v) is 6.46. The number of imide groups is 1. The molecule has 0 fully saturated rings. The van der Waals surface area contributed by atoms with E-state index in [1.165, 1.54) is 0 Å². The topological polar surface area (TPSA) is 124 Å².